The summed E-state index contributed by atoms with van der Waals surface area (Å²) in [7, 11) is 1.75. The third-order valence-electron chi connectivity index (χ3n) is 5.54. The molecule has 0 radical (unpaired) electrons. The first-order valence-corrected chi connectivity index (χ1v) is 9.86. The average Bonchev–Trinajstić information content (AvgIpc) is 2.95. The summed E-state index contributed by atoms with van der Waals surface area (Å²) < 4.78 is 28.0. The fraction of sp³-hybridized carbons (Fsp3) is 0.304. The summed E-state index contributed by atoms with van der Waals surface area (Å²) in [5.41, 5.74) is 2.97. The van der Waals surface area contributed by atoms with Gasteiger partial charge in [0.2, 0.25) is 0 Å². The van der Waals surface area contributed by atoms with Gasteiger partial charge in [0.15, 0.2) is 0 Å². The SMILES string of the molecule is Cn1nc(-c2ccc(F)cc2)cc1C(=O)N1CCCCC(c2ccc(F)cc2)C1. The van der Waals surface area contributed by atoms with E-state index in [1.54, 1.807) is 29.9 Å². The minimum atomic E-state index is -0.308. The summed E-state index contributed by atoms with van der Waals surface area (Å²) in [5, 5.41) is 4.44. The predicted octanol–water partition coefficient (Wildman–Crippen LogP) is 4.78. The van der Waals surface area contributed by atoms with E-state index in [-0.39, 0.29) is 23.5 Å². The van der Waals surface area contributed by atoms with Crippen LogP contribution in [0, 0.1) is 11.6 Å². The van der Waals surface area contributed by atoms with E-state index in [0.29, 0.717) is 24.5 Å². The number of carbonyl (C=O) groups excluding carboxylic acids is 1. The van der Waals surface area contributed by atoms with Crippen LogP contribution in [0.25, 0.3) is 11.3 Å². The molecule has 3 aromatic rings. The second-order valence-electron chi connectivity index (χ2n) is 7.54. The van der Waals surface area contributed by atoms with Crippen molar-refractivity contribution in [2.45, 2.75) is 25.2 Å². The van der Waals surface area contributed by atoms with Gasteiger partial charge in [-0.3, -0.25) is 9.48 Å². The summed E-state index contributed by atoms with van der Waals surface area (Å²) in [6.07, 6.45) is 2.94. The lowest BCUT2D eigenvalue weighted by Gasteiger charge is -2.24. The number of rotatable bonds is 3. The summed E-state index contributed by atoms with van der Waals surface area (Å²) in [6.45, 7) is 1.29. The molecule has 6 heteroatoms. The van der Waals surface area contributed by atoms with Crippen molar-refractivity contribution in [2.24, 2.45) is 7.05 Å². The van der Waals surface area contributed by atoms with Crippen molar-refractivity contribution in [3.63, 3.8) is 0 Å². The molecular weight excluding hydrogens is 372 g/mol. The van der Waals surface area contributed by atoms with Crippen LogP contribution in [0.1, 0.15) is 41.2 Å². The van der Waals surface area contributed by atoms with Gasteiger partial charge in [0.05, 0.1) is 5.69 Å². The van der Waals surface area contributed by atoms with Gasteiger partial charge in [-0.25, -0.2) is 8.78 Å². The van der Waals surface area contributed by atoms with Crippen molar-refractivity contribution in [2.75, 3.05) is 13.1 Å². The standard InChI is InChI=1S/C23H23F2N3O/c1-27-22(14-21(26-27)17-7-11-20(25)12-8-17)23(29)28-13-3-2-4-18(15-28)16-5-9-19(24)10-6-16/h5-12,14,18H,2-4,13,15H2,1H3. The number of hydrogen-bond acceptors (Lipinski definition) is 2. The molecule has 1 amide bonds. The van der Waals surface area contributed by atoms with E-state index < -0.39 is 0 Å². The van der Waals surface area contributed by atoms with Crippen LogP contribution < -0.4 is 0 Å². The van der Waals surface area contributed by atoms with Gasteiger partial charge in [0.25, 0.3) is 5.91 Å². The van der Waals surface area contributed by atoms with Crippen LogP contribution in [0.5, 0.6) is 0 Å². The molecule has 29 heavy (non-hydrogen) atoms. The Kier molecular flexibility index (Phi) is 5.43. The van der Waals surface area contributed by atoms with E-state index >= 15 is 0 Å². The highest BCUT2D eigenvalue weighted by molar-refractivity contribution is 5.93. The Morgan fingerprint density at radius 3 is 2.34 bits per heavy atom. The summed E-state index contributed by atoms with van der Waals surface area (Å²) in [6, 6.07) is 14.4. The molecule has 0 bridgehead atoms. The lowest BCUT2D eigenvalue weighted by molar-refractivity contribution is 0.0743. The third kappa shape index (κ3) is 4.21. The van der Waals surface area contributed by atoms with Crippen LogP contribution in [0.15, 0.2) is 54.6 Å². The molecule has 0 spiro atoms. The van der Waals surface area contributed by atoms with E-state index in [1.165, 1.54) is 24.3 Å². The molecule has 150 valence electrons. The lowest BCUT2D eigenvalue weighted by Crippen LogP contribution is -2.35. The maximum Gasteiger partial charge on any atom is 0.272 e. The molecule has 1 aromatic heterocycles. The lowest BCUT2D eigenvalue weighted by atomic mass is 9.94. The largest absolute Gasteiger partial charge is 0.337 e. The predicted molar refractivity (Wildman–Crippen MR) is 107 cm³/mol. The Bertz CT molecular complexity index is 996. The Morgan fingerprint density at radius 1 is 1.00 bits per heavy atom. The number of nitrogens with zero attached hydrogens (tertiary/aromatic N) is 3. The number of halogens is 2. The van der Waals surface area contributed by atoms with Crippen molar-refractivity contribution in [3.05, 3.63) is 77.5 Å². The molecule has 1 fully saturated rings. The topological polar surface area (TPSA) is 38.1 Å². The molecule has 4 rings (SSSR count). The van der Waals surface area contributed by atoms with Gasteiger partial charge in [0.1, 0.15) is 17.3 Å². The summed E-state index contributed by atoms with van der Waals surface area (Å²) in [4.78, 5) is 15.1. The van der Waals surface area contributed by atoms with Crippen molar-refractivity contribution < 1.29 is 13.6 Å². The highest BCUT2D eigenvalue weighted by Gasteiger charge is 2.26. The number of aromatic nitrogens is 2. The van der Waals surface area contributed by atoms with Crippen LogP contribution in [0.2, 0.25) is 0 Å². The van der Waals surface area contributed by atoms with Crippen molar-refractivity contribution in [1.29, 1.82) is 0 Å². The molecule has 0 saturated carbocycles. The molecule has 1 saturated heterocycles. The normalized spacial score (nSPS) is 17.2. The number of hydrogen-bond donors (Lipinski definition) is 0. The van der Waals surface area contributed by atoms with E-state index in [1.807, 2.05) is 17.0 Å². The monoisotopic (exact) mass is 395 g/mol. The highest BCUT2D eigenvalue weighted by Crippen LogP contribution is 2.28. The Hall–Kier alpha value is -3.02. The second kappa shape index (κ2) is 8.15. The van der Waals surface area contributed by atoms with Gasteiger partial charge in [-0.1, -0.05) is 18.6 Å². The Balaban J connectivity index is 1.56. The first kappa shape index (κ1) is 19.3. The van der Waals surface area contributed by atoms with E-state index in [2.05, 4.69) is 5.10 Å². The van der Waals surface area contributed by atoms with Gasteiger partial charge in [-0.2, -0.15) is 5.10 Å². The molecule has 1 atom stereocenters. The molecular formula is C23H23F2N3O. The van der Waals surface area contributed by atoms with Crippen LogP contribution in [-0.2, 0) is 7.05 Å². The molecule has 1 unspecified atom stereocenters. The molecule has 0 N–H and O–H groups in total. The zero-order valence-electron chi connectivity index (χ0n) is 16.3. The first-order valence-electron chi connectivity index (χ1n) is 9.86. The van der Waals surface area contributed by atoms with Crippen LogP contribution in [0.3, 0.4) is 0 Å². The van der Waals surface area contributed by atoms with Gasteiger partial charge >= 0.3 is 0 Å². The van der Waals surface area contributed by atoms with Crippen molar-refractivity contribution in [1.82, 2.24) is 14.7 Å². The maximum atomic E-state index is 13.3. The second-order valence-corrected chi connectivity index (χ2v) is 7.54. The maximum absolute atomic E-state index is 13.3. The van der Waals surface area contributed by atoms with E-state index in [9.17, 15) is 13.6 Å². The Labute approximate surface area is 168 Å². The molecule has 1 aliphatic rings. The first-order chi connectivity index (χ1) is 14.0. The van der Waals surface area contributed by atoms with Crippen LogP contribution >= 0.6 is 0 Å². The quantitative estimate of drug-likeness (QED) is 0.640. The van der Waals surface area contributed by atoms with Gasteiger partial charge in [-0.15, -0.1) is 0 Å². The fourth-order valence-electron chi connectivity index (χ4n) is 3.92. The smallest absolute Gasteiger partial charge is 0.272 e. The average molecular weight is 395 g/mol. The summed E-state index contributed by atoms with van der Waals surface area (Å²) in [5.74, 6) is -0.440. The highest BCUT2D eigenvalue weighted by atomic mass is 19.1. The third-order valence-corrected chi connectivity index (χ3v) is 5.54. The van der Waals surface area contributed by atoms with Gasteiger partial charge in [0, 0.05) is 31.6 Å². The molecule has 0 aliphatic carbocycles. The number of carbonyl (C=O) groups is 1. The molecule has 2 heterocycles. The van der Waals surface area contributed by atoms with Crippen molar-refractivity contribution in [3.8, 4) is 11.3 Å². The minimum absolute atomic E-state index is 0.0672. The number of amides is 1. The zero-order valence-corrected chi connectivity index (χ0v) is 16.3. The number of aryl methyl sites for hydroxylation is 1. The molecule has 2 aromatic carbocycles. The fourth-order valence-corrected chi connectivity index (χ4v) is 3.92. The zero-order chi connectivity index (χ0) is 20.4. The number of likely N-dealkylation sites (tertiary alicyclic amines) is 1. The number of benzene rings is 2. The molecule has 4 nitrogen and oxygen atoms in total. The summed E-state index contributed by atoms with van der Waals surface area (Å²) >= 11 is 0. The van der Waals surface area contributed by atoms with Crippen LogP contribution in [-0.4, -0.2) is 33.7 Å². The Morgan fingerprint density at radius 2 is 1.66 bits per heavy atom. The van der Waals surface area contributed by atoms with Crippen LogP contribution in [0.4, 0.5) is 8.78 Å². The van der Waals surface area contributed by atoms with E-state index in [0.717, 1.165) is 30.4 Å². The van der Waals surface area contributed by atoms with E-state index in [4.69, 9.17) is 0 Å². The van der Waals surface area contributed by atoms with Crippen molar-refractivity contribution >= 4 is 5.91 Å². The van der Waals surface area contributed by atoms with Gasteiger partial charge in [-0.05, 0) is 60.9 Å². The minimum Gasteiger partial charge on any atom is -0.337 e. The molecule has 1 aliphatic heterocycles. The van der Waals surface area contributed by atoms with Gasteiger partial charge < -0.3 is 4.90 Å².